The molecule has 1 amide bonds. The van der Waals surface area contributed by atoms with Gasteiger partial charge in [0.05, 0.1) is 0 Å². The number of ether oxygens (including phenoxy) is 1. The fourth-order valence-electron chi connectivity index (χ4n) is 2.50. The Bertz CT molecular complexity index is 607. The van der Waals surface area contributed by atoms with Gasteiger partial charge >= 0.3 is 0 Å². The molecule has 1 aliphatic rings. The van der Waals surface area contributed by atoms with Crippen LogP contribution in [-0.2, 0) is 0 Å². The lowest BCUT2D eigenvalue weighted by Crippen LogP contribution is -2.35. The summed E-state index contributed by atoms with van der Waals surface area (Å²) < 4.78 is 5.76. The van der Waals surface area contributed by atoms with Crippen LogP contribution >= 0.6 is 0 Å². The average Bonchev–Trinajstić information content (AvgIpc) is 2.56. The van der Waals surface area contributed by atoms with Crippen LogP contribution in [0.15, 0.2) is 48.7 Å². The number of aromatic nitrogens is 1. The highest BCUT2D eigenvalue weighted by atomic mass is 16.5. The van der Waals surface area contributed by atoms with Crippen LogP contribution in [-0.4, -0.2) is 28.9 Å². The molecule has 21 heavy (non-hydrogen) atoms. The van der Waals surface area contributed by atoms with Gasteiger partial charge in [-0.15, -0.1) is 0 Å². The van der Waals surface area contributed by atoms with E-state index in [1.807, 2.05) is 35.2 Å². The third kappa shape index (κ3) is 3.21. The average molecular weight is 282 g/mol. The number of carbonyl (C=O) groups is 1. The lowest BCUT2D eigenvalue weighted by Gasteiger charge is -2.27. The normalized spacial score (nSPS) is 14.8. The molecule has 1 aromatic carbocycles. The van der Waals surface area contributed by atoms with E-state index in [-0.39, 0.29) is 5.91 Å². The van der Waals surface area contributed by atoms with Gasteiger partial charge in [-0.05, 0) is 43.5 Å². The number of pyridine rings is 1. The van der Waals surface area contributed by atoms with Gasteiger partial charge in [0.2, 0.25) is 5.88 Å². The zero-order valence-corrected chi connectivity index (χ0v) is 11.9. The third-order valence-electron chi connectivity index (χ3n) is 3.60. The van der Waals surface area contributed by atoms with Gasteiger partial charge in [0.15, 0.2) is 0 Å². The highest BCUT2D eigenvalue weighted by Gasteiger charge is 2.22. The topological polar surface area (TPSA) is 42.4 Å². The quantitative estimate of drug-likeness (QED) is 0.865. The van der Waals surface area contributed by atoms with Crippen molar-refractivity contribution >= 4 is 5.91 Å². The van der Waals surface area contributed by atoms with Crippen molar-refractivity contribution in [3.63, 3.8) is 0 Å². The van der Waals surface area contributed by atoms with Gasteiger partial charge in [0.25, 0.3) is 5.91 Å². The van der Waals surface area contributed by atoms with E-state index >= 15 is 0 Å². The Morgan fingerprint density at radius 1 is 1.00 bits per heavy atom. The van der Waals surface area contributed by atoms with Crippen molar-refractivity contribution in [2.24, 2.45) is 0 Å². The summed E-state index contributed by atoms with van der Waals surface area (Å²) >= 11 is 0. The second-order valence-corrected chi connectivity index (χ2v) is 5.12. The van der Waals surface area contributed by atoms with Crippen molar-refractivity contribution in [2.45, 2.75) is 19.3 Å². The number of benzene rings is 1. The van der Waals surface area contributed by atoms with E-state index in [2.05, 4.69) is 4.98 Å². The molecule has 4 heteroatoms. The molecule has 0 radical (unpaired) electrons. The maximum absolute atomic E-state index is 12.6. The Morgan fingerprint density at radius 3 is 2.52 bits per heavy atom. The van der Waals surface area contributed by atoms with Crippen molar-refractivity contribution in [3.05, 3.63) is 54.2 Å². The standard InChI is InChI=1S/C17H18N2O2/c20-17(19-12-5-2-6-13-19)15-10-7-11-18-16(15)21-14-8-3-1-4-9-14/h1,3-4,7-11H,2,5-6,12-13H2. The summed E-state index contributed by atoms with van der Waals surface area (Å²) in [6.07, 6.45) is 4.98. The van der Waals surface area contributed by atoms with Gasteiger partial charge in [0, 0.05) is 19.3 Å². The molecule has 1 aliphatic heterocycles. The van der Waals surface area contributed by atoms with Crippen LogP contribution in [0.25, 0.3) is 0 Å². The van der Waals surface area contributed by atoms with Gasteiger partial charge in [0.1, 0.15) is 11.3 Å². The maximum Gasteiger partial charge on any atom is 0.259 e. The molecule has 0 N–H and O–H groups in total. The van der Waals surface area contributed by atoms with E-state index in [1.165, 1.54) is 6.42 Å². The van der Waals surface area contributed by atoms with E-state index < -0.39 is 0 Å². The van der Waals surface area contributed by atoms with E-state index in [9.17, 15) is 4.79 Å². The summed E-state index contributed by atoms with van der Waals surface area (Å²) in [5, 5.41) is 0. The SMILES string of the molecule is O=C(c1cccnc1Oc1ccccc1)N1CCCCC1. The van der Waals surface area contributed by atoms with Crippen LogP contribution in [0.4, 0.5) is 0 Å². The van der Waals surface area contributed by atoms with Crippen molar-refractivity contribution in [1.82, 2.24) is 9.88 Å². The molecule has 4 nitrogen and oxygen atoms in total. The Hall–Kier alpha value is -2.36. The minimum absolute atomic E-state index is 0.00808. The van der Waals surface area contributed by atoms with Gasteiger partial charge < -0.3 is 9.64 Å². The van der Waals surface area contributed by atoms with Crippen LogP contribution < -0.4 is 4.74 Å². The zero-order chi connectivity index (χ0) is 14.5. The van der Waals surface area contributed by atoms with E-state index in [0.29, 0.717) is 17.2 Å². The highest BCUT2D eigenvalue weighted by Crippen LogP contribution is 2.24. The molecule has 108 valence electrons. The molecule has 0 aliphatic carbocycles. The van der Waals surface area contributed by atoms with Crippen LogP contribution in [0.3, 0.4) is 0 Å². The summed E-state index contributed by atoms with van der Waals surface area (Å²) in [5.74, 6) is 1.07. The van der Waals surface area contributed by atoms with Crippen molar-refractivity contribution in [3.8, 4) is 11.6 Å². The van der Waals surface area contributed by atoms with E-state index in [1.54, 1.807) is 18.3 Å². The minimum Gasteiger partial charge on any atom is -0.438 e. The van der Waals surface area contributed by atoms with Crippen LogP contribution in [0.2, 0.25) is 0 Å². The molecular formula is C17H18N2O2. The monoisotopic (exact) mass is 282 g/mol. The Morgan fingerprint density at radius 2 is 1.76 bits per heavy atom. The molecule has 2 heterocycles. The number of hydrogen-bond donors (Lipinski definition) is 0. The van der Waals surface area contributed by atoms with Gasteiger partial charge in [-0.25, -0.2) is 4.98 Å². The van der Waals surface area contributed by atoms with Crippen LogP contribution in [0.5, 0.6) is 11.6 Å². The molecule has 1 saturated heterocycles. The number of nitrogens with zero attached hydrogens (tertiary/aromatic N) is 2. The van der Waals surface area contributed by atoms with Gasteiger partial charge in [-0.3, -0.25) is 4.79 Å². The largest absolute Gasteiger partial charge is 0.438 e. The first-order chi connectivity index (χ1) is 10.3. The van der Waals surface area contributed by atoms with Crippen LogP contribution in [0.1, 0.15) is 29.6 Å². The second kappa shape index (κ2) is 6.39. The summed E-state index contributed by atoms with van der Waals surface area (Å²) in [5.41, 5.74) is 0.531. The van der Waals surface area contributed by atoms with Gasteiger partial charge in [-0.2, -0.15) is 0 Å². The molecule has 1 aromatic heterocycles. The van der Waals surface area contributed by atoms with Gasteiger partial charge in [-0.1, -0.05) is 18.2 Å². The first kappa shape index (κ1) is 13.6. The number of carbonyl (C=O) groups excluding carboxylic acids is 1. The van der Waals surface area contributed by atoms with E-state index in [0.717, 1.165) is 25.9 Å². The van der Waals surface area contributed by atoms with Crippen molar-refractivity contribution in [2.75, 3.05) is 13.1 Å². The molecular weight excluding hydrogens is 264 g/mol. The molecule has 0 bridgehead atoms. The minimum atomic E-state index is 0.00808. The smallest absolute Gasteiger partial charge is 0.259 e. The first-order valence-corrected chi connectivity index (χ1v) is 7.32. The predicted molar refractivity (Wildman–Crippen MR) is 80.5 cm³/mol. The predicted octanol–water partition coefficient (Wildman–Crippen LogP) is 3.50. The Balaban J connectivity index is 1.83. The van der Waals surface area contributed by atoms with Crippen LogP contribution in [0, 0.1) is 0 Å². The Labute approximate surface area is 124 Å². The first-order valence-electron chi connectivity index (χ1n) is 7.32. The number of piperidine rings is 1. The lowest BCUT2D eigenvalue weighted by atomic mass is 10.1. The Kier molecular flexibility index (Phi) is 4.15. The van der Waals surface area contributed by atoms with E-state index in [4.69, 9.17) is 4.74 Å². The maximum atomic E-state index is 12.6. The highest BCUT2D eigenvalue weighted by molar-refractivity contribution is 5.96. The molecule has 0 spiro atoms. The molecule has 1 fully saturated rings. The summed E-state index contributed by atoms with van der Waals surface area (Å²) in [6, 6.07) is 13.0. The number of likely N-dealkylation sites (tertiary alicyclic amines) is 1. The number of amides is 1. The number of hydrogen-bond acceptors (Lipinski definition) is 3. The molecule has 0 unspecified atom stereocenters. The van der Waals surface area contributed by atoms with Crippen molar-refractivity contribution in [1.29, 1.82) is 0 Å². The zero-order valence-electron chi connectivity index (χ0n) is 11.9. The van der Waals surface area contributed by atoms with Crippen molar-refractivity contribution < 1.29 is 9.53 Å². The number of rotatable bonds is 3. The molecule has 3 rings (SSSR count). The number of para-hydroxylation sites is 1. The summed E-state index contributed by atoms with van der Waals surface area (Å²) in [6.45, 7) is 1.64. The fraction of sp³-hybridized carbons (Fsp3) is 0.294. The molecule has 0 saturated carbocycles. The summed E-state index contributed by atoms with van der Waals surface area (Å²) in [7, 11) is 0. The fourth-order valence-corrected chi connectivity index (χ4v) is 2.50. The molecule has 2 aromatic rings. The summed E-state index contributed by atoms with van der Waals surface area (Å²) in [4.78, 5) is 18.7. The molecule has 0 atom stereocenters. The second-order valence-electron chi connectivity index (χ2n) is 5.12. The lowest BCUT2D eigenvalue weighted by molar-refractivity contribution is 0.0721. The third-order valence-corrected chi connectivity index (χ3v) is 3.60.